The maximum atomic E-state index is 11.3. The Morgan fingerprint density at radius 2 is 1.92 bits per heavy atom. The molecule has 6 heteroatoms. The number of hydrogen-bond acceptors (Lipinski definition) is 4. The standard InChI is InChI=1S/C19H18N4OS/c20-17(24)15-6-4-5-13(11-15)12-25-19-22-21-18(14-9-10-14)23(19)16-7-2-1-3-8-16/h1-8,11,14H,9-10,12H2,(H2,20,24). The molecular weight excluding hydrogens is 332 g/mol. The van der Waals surface area contributed by atoms with Gasteiger partial charge >= 0.3 is 0 Å². The number of hydrogen-bond donors (Lipinski definition) is 1. The Balaban J connectivity index is 1.61. The highest BCUT2D eigenvalue weighted by Crippen LogP contribution is 2.41. The number of thioether (sulfide) groups is 1. The quantitative estimate of drug-likeness (QED) is 0.690. The average Bonchev–Trinajstić information content (AvgIpc) is 3.40. The second kappa shape index (κ2) is 6.72. The second-order valence-corrected chi connectivity index (χ2v) is 7.08. The molecule has 1 heterocycles. The van der Waals surface area contributed by atoms with Crippen LogP contribution in [0.1, 0.15) is 40.5 Å². The number of para-hydroxylation sites is 1. The minimum absolute atomic E-state index is 0.407. The van der Waals surface area contributed by atoms with E-state index in [2.05, 4.69) is 26.9 Å². The maximum absolute atomic E-state index is 11.3. The summed E-state index contributed by atoms with van der Waals surface area (Å²) in [6, 6.07) is 17.6. The molecule has 4 rings (SSSR count). The van der Waals surface area contributed by atoms with Gasteiger partial charge in [-0.25, -0.2) is 0 Å². The van der Waals surface area contributed by atoms with E-state index in [0.29, 0.717) is 17.2 Å². The summed E-state index contributed by atoms with van der Waals surface area (Å²) in [7, 11) is 0. The van der Waals surface area contributed by atoms with Gasteiger partial charge in [0.05, 0.1) is 0 Å². The van der Waals surface area contributed by atoms with Crippen LogP contribution in [0.4, 0.5) is 0 Å². The summed E-state index contributed by atoms with van der Waals surface area (Å²) in [5, 5.41) is 9.71. The highest BCUT2D eigenvalue weighted by molar-refractivity contribution is 7.98. The van der Waals surface area contributed by atoms with Gasteiger partial charge in [0, 0.05) is 22.9 Å². The van der Waals surface area contributed by atoms with Crippen LogP contribution < -0.4 is 5.73 Å². The topological polar surface area (TPSA) is 73.8 Å². The average molecular weight is 350 g/mol. The Kier molecular flexibility index (Phi) is 4.28. The van der Waals surface area contributed by atoms with Gasteiger partial charge in [0.15, 0.2) is 5.16 Å². The number of carbonyl (C=O) groups excluding carboxylic acids is 1. The van der Waals surface area contributed by atoms with E-state index >= 15 is 0 Å². The van der Waals surface area contributed by atoms with Crippen molar-refractivity contribution in [2.75, 3.05) is 0 Å². The zero-order valence-corrected chi connectivity index (χ0v) is 14.4. The number of nitrogens with zero attached hydrogens (tertiary/aromatic N) is 3. The van der Waals surface area contributed by atoms with Crippen molar-refractivity contribution in [1.29, 1.82) is 0 Å². The Bertz CT molecular complexity index is 903. The third-order valence-electron chi connectivity index (χ3n) is 4.19. The number of aromatic nitrogens is 3. The first kappa shape index (κ1) is 15.9. The molecule has 25 heavy (non-hydrogen) atoms. The van der Waals surface area contributed by atoms with E-state index in [9.17, 15) is 4.79 Å². The van der Waals surface area contributed by atoms with Crippen LogP contribution in [0.25, 0.3) is 5.69 Å². The van der Waals surface area contributed by atoms with Gasteiger partial charge in [0.25, 0.3) is 0 Å². The van der Waals surface area contributed by atoms with E-state index < -0.39 is 5.91 Å². The third-order valence-corrected chi connectivity index (χ3v) is 5.19. The summed E-state index contributed by atoms with van der Waals surface area (Å²) >= 11 is 1.62. The van der Waals surface area contributed by atoms with Crippen LogP contribution in [0.2, 0.25) is 0 Å². The predicted molar refractivity (Wildman–Crippen MR) is 97.9 cm³/mol. The number of benzene rings is 2. The van der Waals surface area contributed by atoms with E-state index in [4.69, 9.17) is 5.73 Å². The minimum Gasteiger partial charge on any atom is -0.366 e. The zero-order chi connectivity index (χ0) is 17.2. The Morgan fingerprint density at radius 3 is 2.64 bits per heavy atom. The van der Waals surface area contributed by atoms with Crippen LogP contribution in [-0.4, -0.2) is 20.7 Å². The molecule has 0 radical (unpaired) electrons. The number of nitrogens with two attached hydrogens (primary N) is 1. The lowest BCUT2D eigenvalue weighted by atomic mass is 10.1. The smallest absolute Gasteiger partial charge is 0.248 e. The Hall–Kier alpha value is -2.60. The minimum atomic E-state index is -0.407. The Morgan fingerprint density at radius 1 is 1.12 bits per heavy atom. The lowest BCUT2D eigenvalue weighted by molar-refractivity contribution is 0.1000. The van der Waals surface area contributed by atoms with E-state index in [0.717, 1.165) is 22.2 Å². The summed E-state index contributed by atoms with van der Waals surface area (Å²) in [4.78, 5) is 11.3. The van der Waals surface area contributed by atoms with Crippen molar-refractivity contribution in [2.45, 2.75) is 29.7 Å². The second-order valence-electron chi connectivity index (χ2n) is 6.14. The van der Waals surface area contributed by atoms with Gasteiger partial charge in [-0.3, -0.25) is 9.36 Å². The monoisotopic (exact) mass is 350 g/mol. The molecule has 1 saturated carbocycles. The first-order valence-electron chi connectivity index (χ1n) is 8.24. The normalized spacial score (nSPS) is 13.8. The van der Waals surface area contributed by atoms with Gasteiger partial charge in [0.1, 0.15) is 5.82 Å². The molecule has 1 amide bonds. The molecule has 1 fully saturated rings. The van der Waals surface area contributed by atoms with Crippen molar-refractivity contribution in [1.82, 2.24) is 14.8 Å². The molecule has 0 saturated heterocycles. The van der Waals surface area contributed by atoms with Crippen LogP contribution in [-0.2, 0) is 5.75 Å². The molecule has 3 aromatic rings. The highest BCUT2D eigenvalue weighted by atomic mass is 32.2. The predicted octanol–water partition coefficient (Wildman–Crippen LogP) is 3.54. The molecular formula is C19H18N4OS. The van der Waals surface area contributed by atoms with Gasteiger partial charge in [-0.1, -0.05) is 42.1 Å². The number of amides is 1. The summed E-state index contributed by atoms with van der Waals surface area (Å²) in [6.07, 6.45) is 2.35. The van der Waals surface area contributed by atoms with Crippen molar-refractivity contribution >= 4 is 17.7 Å². The molecule has 0 atom stereocenters. The summed E-state index contributed by atoms with van der Waals surface area (Å²) < 4.78 is 2.15. The molecule has 0 bridgehead atoms. The van der Waals surface area contributed by atoms with Crippen LogP contribution in [0, 0.1) is 0 Å². The maximum Gasteiger partial charge on any atom is 0.248 e. The number of carbonyl (C=O) groups is 1. The number of rotatable bonds is 6. The van der Waals surface area contributed by atoms with Crippen molar-refractivity contribution in [3.63, 3.8) is 0 Å². The Labute approximate surface area is 150 Å². The van der Waals surface area contributed by atoms with Crippen molar-refractivity contribution in [3.8, 4) is 5.69 Å². The van der Waals surface area contributed by atoms with Crippen molar-refractivity contribution in [2.24, 2.45) is 5.73 Å². The van der Waals surface area contributed by atoms with Crippen molar-refractivity contribution in [3.05, 3.63) is 71.5 Å². The molecule has 1 aliphatic carbocycles. The largest absolute Gasteiger partial charge is 0.366 e. The molecule has 5 nitrogen and oxygen atoms in total. The fourth-order valence-electron chi connectivity index (χ4n) is 2.76. The molecule has 126 valence electrons. The van der Waals surface area contributed by atoms with E-state index in [1.807, 2.05) is 36.4 Å². The molecule has 0 unspecified atom stereocenters. The third kappa shape index (κ3) is 3.44. The fraction of sp³-hybridized carbons (Fsp3) is 0.211. The van der Waals surface area contributed by atoms with E-state index in [1.54, 1.807) is 17.8 Å². The van der Waals surface area contributed by atoms with Gasteiger partial charge in [0.2, 0.25) is 5.91 Å². The fourth-order valence-corrected chi connectivity index (χ4v) is 3.66. The number of primary amides is 1. The van der Waals surface area contributed by atoms with E-state index in [-0.39, 0.29) is 0 Å². The van der Waals surface area contributed by atoms with Crippen LogP contribution in [0.5, 0.6) is 0 Å². The zero-order valence-electron chi connectivity index (χ0n) is 13.6. The highest BCUT2D eigenvalue weighted by Gasteiger charge is 2.30. The molecule has 0 aliphatic heterocycles. The lowest BCUT2D eigenvalue weighted by Crippen LogP contribution is -2.10. The molecule has 1 aliphatic rings. The van der Waals surface area contributed by atoms with E-state index in [1.165, 1.54) is 12.8 Å². The molecule has 0 spiro atoms. The summed E-state index contributed by atoms with van der Waals surface area (Å²) in [5.41, 5.74) is 8.02. The first-order valence-corrected chi connectivity index (χ1v) is 9.23. The van der Waals surface area contributed by atoms with Crippen molar-refractivity contribution < 1.29 is 4.79 Å². The van der Waals surface area contributed by atoms with Gasteiger partial charge in [-0.2, -0.15) is 0 Å². The van der Waals surface area contributed by atoms with Crippen LogP contribution in [0.3, 0.4) is 0 Å². The van der Waals surface area contributed by atoms with Crippen LogP contribution >= 0.6 is 11.8 Å². The molecule has 2 aromatic carbocycles. The van der Waals surface area contributed by atoms with Crippen LogP contribution in [0.15, 0.2) is 59.8 Å². The molecule has 1 aromatic heterocycles. The summed E-state index contributed by atoms with van der Waals surface area (Å²) in [6.45, 7) is 0. The first-order chi connectivity index (χ1) is 12.2. The van der Waals surface area contributed by atoms with Gasteiger partial charge < -0.3 is 5.73 Å². The SMILES string of the molecule is NC(=O)c1cccc(CSc2nnc(C3CC3)n2-c2ccccc2)c1. The van der Waals surface area contributed by atoms with Gasteiger partial charge in [-0.15, -0.1) is 10.2 Å². The van der Waals surface area contributed by atoms with Gasteiger partial charge in [-0.05, 0) is 42.7 Å². The molecule has 2 N–H and O–H groups in total. The lowest BCUT2D eigenvalue weighted by Gasteiger charge is -2.10. The summed E-state index contributed by atoms with van der Waals surface area (Å²) in [5.74, 6) is 1.85.